The number of rotatable bonds is 5. The Kier molecular flexibility index (Phi) is 4.18. The fourth-order valence-corrected chi connectivity index (χ4v) is 2.20. The van der Waals surface area contributed by atoms with Crippen molar-refractivity contribution in [2.75, 3.05) is 29.9 Å². The summed E-state index contributed by atoms with van der Waals surface area (Å²) in [5.41, 5.74) is 0. The van der Waals surface area contributed by atoms with E-state index in [0.29, 0.717) is 0 Å². The van der Waals surface area contributed by atoms with Crippen LogP contribution < -0.4 is 10.2 Å². The van der Waals surface area contributed by atoms with Crippen molar-refractivity contribution in [1.29, 1.82) is 0 Å². The predicted molar refractivity (Wildman–Crippen MR) is 71.6 cm³/mol. The van der Waals surface area contributed by atoms with Crippen molar-refractivity contribution in [1.82, 2.24) is 9.97 Å². The van der Waals surface area contributed by atoms with E-state index in [0.717, 1.165) is 49.9 Å². The molecule has 2 rings (SSSR count). The van der Waals surface area contributed by atoms with Gasteiger partial charge in [0.25, 0.3) is 0 Å². The molecule has 1 aromatic rings. The van der Waals surface area contributed by atoms with Crippen LogP contribution in [0.1, 0.15) is 38.9 Å². The van der Waals surface area contributed by atoms with Crippen molar-refractivity contribution in [3.8, 4) is 0 Å². The third kappa shape index (κ3) is 3.08. The molecule has 0 amide bonds. The molecule has 94 valence electrons. The lowest BCUT2D eigenvalue weighted by molar-refractivity contribution is 0.818. The molecule has 4 nitrogen and oxygen atoms in total. The molecule has 2 heterocycles. The Morgan fingerprint density at radius 2 is 2.00 bits per heavy atom. The molecule has 0 bridgehead atoms. The van der Waals surface area contributed by atoms with Gasteiger partial charge in [0.15, 0.2) is 0 Å². The standard InChI is InChI=1S/C13H22N4/c1-3-7-11-15-12(14-4-2)10-13(16-11)17-8-5-6-9-17/h10H,3-9H2,1-2H3,(H,14,15,16). The zero-order valence-corrected chi connectivity index (χ0v) is 10.9. The number of nitrogens with one attached hydrogen (secondary N) is 1. The highest BCUT2D eigenvalue weighted by atomic mass is 15.2. The molecule has 4 heteroatoms. The summed E-state index contributed by atoms with van der Waals surface area (Å²) in [6.07, 6.45) is 4.61. The Labute approximate surface area is 103 Å². The van der Waals surface area contributed by atoms with Gasteiger partial charge < -0.3 is 10.2 Å². The van der Waals surface area contributed by atoms with E-state index in [-0.39, 0.29) is 0 Å². The van der Waals surface area contributed by atoms with Crippen LogP contribution in [0.5, 0.6) is 0 Å². The number of nitrogens with zero attached hydrogens (tertiary/aromatic N) is 3. The summed E-state index contributed by atoms with van der Waals surface area (Å²) in [7, 11) is 0. The number of hydrogen-bond acceptors (Lipinski definition) is 4. The van der Waals surface area contributed by atoms with E-state index in [1.807, 2.05) is 0 Å². The van der Waals surface area contributed by atoms with Crippen LogP contribution in [0, 0.1) is 0 Å². The van der Waals surface area contributed by atoms with E-state index in [9.17, 15) is 0 Å². The highest BCUT2D eigenvalue weighted by Gasteiger charge is 2.15. The van der Waals surface area contributed by atoms with Gasteiger partial charge in [-0.15, -0.1) is 0 Å². The largest absolute Gasteiger partial charge is 0.370 e. The van der Waals surface area contributed by atoms with E-state index >= 15 is 0 Å². The summed E-state index contributed by atoms with van der Waals surface area (Å²) in [6, 6.07) is 2.08. The molecule has 0 aromatic carbocycles. The minimum atomic E-state index is 0.905. The Hall–Kier alpha value is -1.32. The van der Waals surface area contributed by atoms with Crippen molar-refractivity contribution in [3.63, 3.8) is 0 Å². The van der Waals surface area contributed by atoms with Crippen LogP contribution in [-0.4, -0.2) is 29.6 Å². The number of aryl methyl sites for hydroxylation is 1. The molecule has 0 saturated carbocycles. The molecule has 1 aromatic heterocycles. The van der Waals surface area contributed by atoms with E-state index in [1.165, 1.54) is 12.8 Å². The molecule has 1 aliphatic heterocycles. The van der Waals surface area contributed by atoms with Crippen LogP contribution in [0.25, 0.3) is 0 Å². The summed E-state index contributed by atoms with van der Waals surface area (Å²) >= 11 is 0. The lowest BCUT2D eigenvalue weighted by Crippen LogP contribution is -2.20. The fourth-order valence-electron chi connectivity index (χ4n) is 2.20. The highest BCUT2D eigenvalue weighted by molar-refractivity contribution is 5.50. The first-order valence-electron chi connectivity index (χ1n) is 6.70. The number of aromatic nitrogens is 2. The van der Waals surface area contributed by atoms with Crippen molar-refractivity contribution in [3.05, 3.63) is 11.9 Å². The van der Waals surface area contributed by atoms with Gasteiger partial charge in [-0.2, -0.15) is 0 Å². The highest BCUT2D eigenvalue weighted by Crippen LogP contribution is 2.20. The summed E-state index contributed by atoms with van der Waals surface area (Å²) in [5, 5.41) is 3.29. The van der Waals surface area contributed by atoms with Crippen molar-refractivity contribution >= 4 is 11.6 Å². The normalized spacial score (nSPS) is 15.3. The third-order valence-corrected chi connectivity index (χ3v) is 3.02. The maximum absolute atomic E-state index is 4.66. The lowest BCUT2D eigenvalue weighted by atomic mass is 10.3. The van der Waals surface area contributed by atoms with Crippen LogP contribution in [0.2, 0.25) is 0 Å². The van der Waals surface area contributed by atoms with Gasteiger partial charge in [-0.25, -0.2) is 9.97 Å². The number of hydrogen-bond donors (Lipinski definition) is 1. The Balaban J connectivity index is 2.22. The first kappa shape index (κ1) is 12.1. The zero-order valence-electron chi connectivity index (χ0n) is 10.9. The van der Waals surface area contributed by atoms with E-state index < -0.39 is 0 Å². The van der Waals surface area contributed by atoms with Crippen LogP contribution in [0.4, 0.5) is 11.6 Å². The molecule has 0 radical (unpaired) electrons. The van der Waals surface area contributed by atoms with Gasteiger partial charge in [-0.1, -0.05) is 6.92 Å². The van der Waals surface area contributed by atoms with Crippen LogP contribution >= 0.6 is 0 Å². The molecule has 0 spiro atoms. The van der Waals surface area contributed by atoms with E-state index in [2.05, 4.69) is 40.1 Å². The van der Waals surface area contributed by atoms with Crippen LogP contribution in [0.3, 0.4) is 0 Å². The molecule has 1 fully saturated rings. The molecule has 0 atom stereocenters. The van der Waals surface area contributed by atoms with Gasteiger partial charge in [-0.05, 0) is 26.2 Å². The lowest BCUT2D eigenvalue weighted by Gasteiger charge is -2.18. The second-order valence-corrected chi connectivity index (χ2v) is 4.50. The van der Waals surface area contributed by atoms with Crippen LogP contribution in [0.15, 0.2) is 6.07 Å². The molecule has 0 aliphatic carbocycles. The Morgan fingerprint density at radius 3 is 2.65 bits per heavy atom. The third-order valence-electron chi connectivity index (χ3n) is 3.02. The maximum Gasteiger partial charge on any atom is 0.134 e. The first-order valence-corrected chi connectivity index (χ1v) is 6.70. The fraction of sp³-hybridized carbons (Fsp3) is 0.692. The van der Waals surface area contributed by atoms with E-state index in [4.69, 9.17) is 0 Å². The quantitative estimate of drug-likeness (QED) is 0.849. The smallest absolute Gasteiger partial charge is 0.134 e. The predicted octanol–water partition coefficient (Wildman–Crippen LogP) is 2.46. The van der Waals surface area contributed by atoms with Crippen molar-refractivity contribution in [2.24, 2.45) is 0 Å². The maximum atomic E-state index is 4.66. The second kappa shape index (κ2) is 5.84. The van der Waals surface area contributed by atoms with Gasteiger partial charge in [0.2, 0.25) is 0 Å². The first-order chi connectivity index (χ1) is 8.33. The molecule has 1 aliphatic rings. The Bertz CT molecular complexity index is 334. The average molecular weight is 234 g/mol. The van der Waals surface area contributed by atoms with Crippen LogP contribution in [-0.2, 0) is 6.42 Å². The molecule has 17 heavy (non-hydrogen) atoms. The van der Waals surface area contributed by atoms with Crippen molar-refractivity contribution < 1.29 is 0 Å². The molecule has 0 unspecified atom stereocenters. The van der Waals surface area contributed by atoms with Gasteiger partial charge in [0.1, 0.15) is 17.5 Å². The molecular formula is C13H22N4. The van der Waals surface area contributed by atoms with Crippen molar-refractivity contribution in [2.45, 2.75) is 39.5 Å². The second-order valence-electron chi connectivity index (χ2n) is 4.50. The van der Waals surface area contributed by atoms with Gasteiger partial charge in [0.05, 0.1) is 0 Å². The van der Waals surface area contributed by atoms with E-state index in [1.54, 1.807) is 0 Å². The minimum absolute atomic E-state index is 0.905. The van der Waals surface area contributed by atoms with Gasteiger partial charge in [0, 0.05) is 32.1 Å². The summed E-state index contributed by atoms with van der Waals surface area (Å²) in [4.78, 5) is 11.6. The van der Waals surface area contributed by atoms with Gasteiger partial charge >= 0.3 is 0 Å². The Morgan fingerprint density at radius 1 is 1.24 bits per heavy atom. The summed E-state index contributed by atoms with van der Waals surface area (Å²) < 4.78 is 0. The zero-order chi connectivity index (χ0) is 12.1. The minimum Gasteiger partial charge on any atom is -0.370 e. The monoisotopic (exact) mass is 234 g/mol. The topological polar surface area (TPSA) is 41.1 Å². The number of anilines is 2. The molecule has 1 N–H and O–H groups in total. The average Bonchev–Trinajstić information content (AvgIpc) is 2.83. The molecule has 1 saturated heterocycles. The SMILES string of the molecule is CCCc1nc(NCC)cc(N2CCCC2)n1. The summed E-state index contributed by atoms with van der Waals surface area (Å²) in [6.45, 7) is 7.43. The van der Waals surface area contributed by atoms with Gasteiger partial charge in [-0.3, -0.25) is 0 Å². The summed E-state index contributed by atoms with van der Waals surface area (Å²) in [5.74, 6) is 3.03. The molecular weight excluding hydrogens is 212 g/mol.